The van der Waals surface area contributed by atoms with Gasteiger partial charge in [-0.1, -0.05) is 0 Å². The fraction of sp³-hybridized carbons (Fsp3) is 0.231. The molecule has 1 aromatic carbocycles. The van der Waals surface area contributed by atoms with Crippen LogP contribution in [0.4, 0.5) is 5.82 Å². The number of aromatic nitrogens is 2. The largest absolute Gasteiger partial charge is 0.494 e. The summed E-state index contributed by atoms with van der Waals surface area (Å²) >= 11 is 3.14. The van der Waals surface area contributed by atoms with Crippen molar-refractivity contribution in [1.82, 2.24) is 9.97 Å². The van der Waals surface area contributed by atoms with E-state index < -0.39 is 10.0 Å². The van der Waals surface area contributed by atoms with Crippen LogP contribution in [0.15, 0.2) is 40.1 Å². The zero-order chi connectivity index (χ0) is 15.5. The Morgan fingerprint density at radius 2 is 2.05 bits per heavy atom. The maximum absolute atomic E-state index is 12.3. The molecule has 0 aliphatic heterocycles. The normalized spacial score (nSPS) is 11.2. The van der Waals surface area contributed by atoms with Gasteiger partial charge in [-0.25, -0.2) is 18.4 Å². The molecule has 0 bridgehead atoms. The van der Waals surface area contributed by atoms with E-state index >= 15 is 0 Å². The molecule has 0 saturated heterocycles. The summed E-state index contributed by atoms with van der Waals surface area (Å²) in [5.74, 6) is 0.824. The van der Waals surface area contributed by atoms with E-state index in [0.29, 0.717) is 17.0 Å². The number of nitrogens with one attached hydrogen (secondary N) is 1. The van der Waals surface area contributed by atoms with Gasteiger partial charge in [0.05, 0.1) is 23.9 Å². The molecule has 0 unspecified atom stereocenters. The quantitative estimate of drug-likeness (QED) is 0.873. The van der Waals surface area contributed by atoms with E-state index in [1.165, 1.54) is 18.5 Å². The second kappa shape index (κ2) is 6.40. The lowest BCUT2D eigenvalue weighted by Gasteiger charge is -2.10. The Labute approximate surface area is 131 Å². The highest BCUT2D eigenvalue weighted by Gasteiger charge is 2.16. The molecule has 2 rings (SSSR count). The zero-order valence-electron chi connectivity index (χ0n) is 11.5. The molecule has 1 heterocycles. The molecule has 1 N–H and O–H groups in total. The van der Waals surface area contributed by atoms with Crippen molar-refractivity contribution < 1.29 is 13.2 Å². The molecule has 0 atom stereocenters. The van der Waals surface area contributed by atoms with Crippen LogP contribution in [-0.4, -0.2) is 25.0 Å². The Hall–Kier alpha value is -1.67. The molecule has 6 nitrogen and oxygen atoms in total. The second-order valence-corrected chi connectivity index (χ2v) is 6.69. The average molecular weight is 372 g/mol. The van der Waals surface area contributed by atoms with Gasteiger partial charge in [0.1, 0.15) is 10.4 Å². The molecule has 1 aromatic heterocycles. The minimum atomic E-state index is -3.70. The van der Waals surface area contributed by atoms with E-state index in [1.807, 2.05) is 6.92 Å². The molecule has 2 aromatic rings. The maximum Gasteiger partial charge on any atom is 0.263 e. The molecule has 0 spiro atoms. The minimum absolute atomic E-state index is 0.146. The van der Waals surface area contributed by atoms with E-state index in [-0.39, 0.29) is 10.7 Å². The summed E-state index contributed by atoms with van der Waals surface area (Å²) in [5.41, 5.74) is 0.751. The van der Waals surface area contributed by atoms with Gasteiger partial charge in [-0.15, -0.1) is 0 Å². The van der Waals surface area contributed by atoms with Gasteiger partial charge in [-0.3, -0.25) is 4.72 Å². The number of halogens is 1. The molecular weight excluding hydrogens is 358 g/mol. The summed E-state index contributed by atoms with van der Waals surface area (Å²) in [5, 5.41) is 0. The standard InChI is InChI=1S/C13H14BrN3O3S/c1-3-20-11-5-4-10(6-9(11)2)21(18,19)17-13-8-15-12(14)7-16-13/h4-8H,3H2,1-2H3,(H,16,17). The third-order valence-corrected chi connectivity index (χ3v) is 4.38. The Morgan fingerprint density at radius 3 is 2.62 bits per heavy atom. The van der Waals surface area contributed by atoms with Crippen LogP contribution < -0.4 is 9.46 Å². The fourth-order valence-electron chi connectivity index (χ4n) is 1.67. The number of sulfonamides is 1. The fourth-order valence-corrected chi connectivity index (χ4v) is 2.95. The SMILES string of the molecule is CCOc1ccc(S(=O)(=O)Nc2cnc(Br)cn2)cc1C. The van der Waals surface area contributed by atoms with Crippen molar-refractivity contribution in [2.75, 3.05) is 11.3 Å². The predicted octanol–water partition coefficient (Wildman–Crippen LogP) is 2.75. The smallest absolute Gasteiger partial charge is 0.263 e. The first-order valence-corrected chi connectivity index (χ1v) is 8.44. The predicted molar refractivity (Wildman–Crippen MR) is 82.9 cm³/mol. The van der Waals surface area contributed by atoms with Crippen molar-refractivity contribution in [2.24, 2.45) is 0 Å². The number of hydrogen-bond donors (Lipinski definition) is 1. The van der Waals surface area contributed by atoms with Crippen LogP contribution in [0.25, 0.3) is 0 Å². The van der Waals surface area contributed by atoms with Gasteiger partial charge >= 0.3 is 0 Å². The molecule has 8 heteroatoms. The number of aryl methyl sites for hydroxylation is 1. The molecule has 0 radical (unpaired) electrons. The van der Waals surface area contributed by atoms with Gasteiger partial charge in [0.2, 0.25) is 0 Å². The Kier molecular flexibility index (Phi) is 4.79. The minimum Gasteiger partial charge on any atom is -0.494 e. The first-order valence-electron chi connectivity index (χ1n) is 6.16. The van der Waals surface area contributed by atoms with E-state index in [2.05, 4.69) is 30.6 Å². The van der Waals surface area contributed by atoms with Gasteiger partial charge in [-0.2, -0.15) is 0 Å². The van der Waals surface area contributed by atoms with E-state index in [4.69, 9.17) is 4.74 Å². The Balaban J connectivity index is 2.27. The Morgan fingerprint density at radius 1 is 1.29 bits per heavy atom. The van der Waals surface area contributed by atoms with Crippen LogP contribution in [-0.2, 0) is 10.0 Å². The van der Waals surface area contributed by atoms with Crippen LogP contribution in [0.1, 0.15) is 12.5 Å². The third kappa shape index (κ3) is 3.92. The summed E-state index contributed by atoms with van der Waals surface area (Å²) in [6.07, 6.45) is 2.75. The van der Waals surface area contributed by atoms with Gasteiger partial charge in [0.25, 0.3) is 10.0 Å². The number of benzene rings is 1. The van der Waals surface area contributed by atoms with Crippen molar-refractivity contribution in [3.05, 3.63) is 40.8 Å². The second-order valence-electron chi connectivity index (χ2n) is 4.19. The summed E-state index contributed by atoms with van der Waals surface area (Å²) in [6.45, 7) is 4.20. The highest BCUT2D eigenvalue weighted by atomic mass is 79.9. The molecule has 0 aliphatic carbocycles. The lowest BCUT2D eigenvalue weighted by Crippen LogP contribution is -2.14. The van der Waals surface area contributed by atoms with Crippen LogP contribution in [0.2, 0.25) is 0 Å². The van der Waals surface area contributed by atoms with Crippen LogP contribution in [0.3, 0.4) is 0 Å². The van der Waals surface area contributed by atoms with E-state index in [0.717, 1.165) is 5.56 Å². The molecule has 0 saturated carbocycles. The summed E-state index contributed by atoms with van der Waals surface area (Å²) in [7, 11) is -3.70. The number of hydrogen-bond acceptors (Lipinski definition) is 5. The van der Waals surface area contributed by atoms with Gasteiger partial charge in [0, 0.05) is 0 Å². The van der Waals surface area contributed by atoms with Crippen molar-refractivity contribution >= 4 is 31.8 Å². The number of anilines is 1. The van der Waals surface area contributed by atoms with E-state index in [9.17, 15) is 8.42 Å². The van der Waals surface area contributed by atoms with Crippen molar-refractivity contribution in [2.45, 2.75) is 18.7 Å². The summed E-state index contributed by atoms with van der Waals surface area (Å²) in [6, 6.07) is 4.69. The Bertz CT molecular complexity index is 733. The third-order valence-electron chi connectivity index (χ3n) is 2.62. The van der Waals surface area contributed by atoms with Crippen LogP contribution in [0.5, 0.6) is 5.75 Å². The molecule has 112 valence electrons. The lowest BCUT2D eigenvalue weighted by atomic mass is 10.2. The van der Waals surface area contributed by atoms with Gasteiger partial charge < -0.3 is 4.74 Å². The van der Waals surface area contributed by atoms with Crippen molar-refractivity contribution in [3.63, 3.8) is 0 Å². The number of nitrogens with zero attached hydrogens (tertiary/aromatic N) is 2. The molecule has 0 fully saturated rings. The molecule has 0 amide bonds. The summed E-state index contributed by atoms with van der Waals surface area (Å²) in [4.78, 5) is 8.00. The maximum atomic E-state index is 12.3. The van der Waals surface area contributed by atoms with Crippen molar-refractivity contribution in [3.8, 4) is 5.75 Å². The topological polar surface area (TPSA) is 81.2 Å². The number of ether oxygens (including phenoxy) is 1. The molecular formula is C13H14BrN3O3S. The monoisotopic (exact) mass is 371 g/mol. The highest BCUT2D eigenvalue weighted by Crippen LogP contribution is 2.23. The van der Waals surface area contributed by atoms with Crippen LogP contribution >= 0.6 is 15.9 Å². The number of rotatable bonds is 5. The summed E-state index contributed by atoms with van der Waals surface area (Å²) < 4.78 is 32.9. The average Bonchev–Trinajstić information content (AvgIpc) is 2.43. The van der Waals surface area contributed by atoms with Crippen molar-refractivity contribution in [1.29, 1.82) is 0 Å². The highest BCUT2D eigenvalue weighted by molar-refractivity contribution is 9.10. The lowest BCUT2D eigenvalue weighted by molar-refractivity contribution is 0.337. The molecule has 21 heavy (non-hydrogen) atoms. The zero-order valence-corrected chi connectivity index (χ0v) is 13.9. The van der Waals surface area contributed by atoms with Gasteiger partial charge in [0.15, 0.2) is 5.82 Å². The first-order chi connectivity index (χ1) is 9.92. The molecule has 0 aliphatic rings. The van der Waals surface area contributed by atoms with E-state index in [1.54, 1.807) is 19.1 Å². The van der Waals surface area contributed by atoms with Gasteiger partial charge in [-0.05, 0) is 53.5 Å². The van der Waals surface area contributed by atoms with Crippen LogP contribution in [0, 0.1) is 6.92 Å². The first kappa shape index (κ1) is 15.7.